The number of ether oxygens (including phenoxy) is 1. The summed E-state index contributed by atoms with van der Waals surface area (Å²) in [5.74, 6) is 0.0936. The smallest absolute Gasteiger partial charge is 0.305 e. The lowest BCUT2D eigenvalue weighted by Gasteiger charge is -2.04. The first kappa shape index (κ1) is 19.9. The molecule has 0 aliphatic carbocycles. The average molecular weight is 347 g/mol. The van der Waals surface area contributed by atoms with Gasteiger partial charge < -0.3 is 4.74 Å². The van der Waals surface area contributed by atoms with Crippen molar-refractivity contribution in [2.45, 2.75) is 39.7 Å². The zero-order valence-corrected chi connectivity index (χ0v) is 14.9. The molecule has 0 bridgehead atoms. The second-order valence-corrected chi connectivity index (χ2v) is 5.57. The molecule has 0 aliphatic heterocycles. The van der Waals surface area contributed by atoms with Gasteiger partial charge in [-0.15, -0.1) is 0 Å². The highest BCUT2D eigenvalue weighted by atomic mass is 35.5. The van der Waals surface area contributed by atoms with Crippen molar-refractivity contribution in [3.63, 3.8) is 0 Å². The van der Waals surface area contributed by atoms with E-state index in [0.717, 1.165) is 11.1 Å². The molecule has 2 aromatic rings. The minimum Gasteiger partial charge on any atom is -0.461 e. The lowest BCUT2D eigenvalue weighted by molar-refractivity contribution is -0.144. The minimum atomic E-state index is -0.208. The van der Waals surface area contributed by atoms with Gasteiger partial charge in [0.2, 0.25) is 0 Å². The van der Waals surface area contributed by atoms with Crippen molar-refractivity contribution < 1.29 is 14.3 Å². The Morgan fingerprint density at radius 1 is 0.917 bits per heavy atom. The van der Waals surface area contributed by atoms with Gasteiger partial charge in [0.15, 0.2) is 0 Å². The van der Waals surface area contributed by atoms with Gasteiger partial charge >= 0.3 is 5.97 Å². The van der Waals surface area contributed by atoms with Crippen molar-refractivity contribution in [1.82, 2.24) is 0 Å². The van der Waals surface area contributed by atoms with Crippen LogP contribution in [0.4, 0.5) is 0 Å². The maximum Gasteiger partial charge on any atom is 0.305 e. The van der Waals surface area contributed by atoms with Crippen LogP contribution >= 0.6 is 11.6 Å². The topological polar surface area (TPSA) is 43.4 Å². The van der Waals surface area contributed by atoms with Crippen LogP contribution in [-0.4, -0.2) is 11.8 Å². The van der Waals surface area contributed by atoms with Crippen molar-refractivity contribution in [3.05, 3.63) is 70.7 Å². The number of hydrogen-bond donors (Lipinski definition) is 0. The van der Waals surface area contributed by atoms with Gasteiger partial charge in [-0.1, -0.05) is 74.0 Å². The van der Waals surface area contributed by atoms with Gasteiger partial charge in [0.05, 0.1) is 0 Å². The first-order valence-corrected chi connectivity index (χ1v) is 8.39. The number of rotatable bonds is 6. The van der Waals surface area contributed by atoms with E-state index in [1.165, 1.54) is 0 Å². The molecule has 0 heterocycles. The zero-order chi connectivity index (χ0) is 17.8. The number of carbonyl (C=O) groups is 2. The normalized spacial score (nSPS) is 9.62. The van der Waals surface area contributed by atoms with Crippen LogP contribution in [-0.2, 0) is 27.4 Å². The third kappa shape index (κ3) is 7.93. The fourth-order valence-corrected chi connectivity index (χ4v) is 2.01. The van der Waals surface area contributed by atoms with Gasteiger partial charge in [0, 0.05) is 29.8 Å². The summed E-state index contributed by atoms with van der Waals surface area (Å²) < 4.78 is 4.93. The molecule has 3 nitrogen and oxygen atoms in total. The van der Waals surface area contributed by atoms with Gasteiger partial charge in [0.1, 0.15) is 12.4 Å². The SMILES string of the molecule is CCC(=O)Cc1ccccc1.CCC(=O)OCc1ccccc1Cl. The van der Waals surface area contributed by atoms with Crippen LogP contribution in [0.3, 0.4) is 0 Å². The van der Waals surface area contributed by atoms with Gasteiger partial charge in [-0.05, 0) is 11.6 Å². The molecule has 0 unspecified atom stereocenters. The Balaban J connectivity index is 0.000000243. The Morgan fingerprint density at radius 3 is 2.12 bits per heavy atom. The third-order valence-electron chi connectivity index (χ3n) is 3.27. The number of benzene rings is 2. The second-order valence-electron chi connectivity index (χ2n) is 5.16. The van der Waals surface area contributed by atoms with Crippen LogP contribution in [0.1, 0.15) is 37.8 Å². The van der Waals surface area contributed by atoms with Gasteiger partial charge in [-0.3, -0.25) is 9.59 Å². The number of esters is 1. The first-order valence-electron chi connectivity index (χ1n) is 8.01. The molecule has 24 heavy (non-hydrogen) atoms. The Kier molecular flexibility index (Phi) is 9.47. The molecule has 128 valence electrons. The largest absolute Gasteiger partial charge is 0.461 e. The predicted molar refractivity (Wildman–Crippen MR) is 97.0 cm³/mol. The number of Topliss-reactive ketones (excluding diaryl/α,β-unsaturated/α-hetero) is 1. The summed E-state index contributed by atoms with van der Waals surface area (Å²) in [6, 6.07) is 17.1. The standard InChI is InChI=1S/C10H11ClO2.C10H12O/c1-2-10(12)13-7-8-5-3-4-6-9(8)11;1-2-10(11)8-9-6-4-3-5-7-9/h3-6H,2,7H2,1H3;3-7H,2,8H2,1H3. The fraction of sp³-hybridized carbons (Fsp3) is 0.300. The molecular formula is C20H23ClO3. The molecule has 0 fully saturated rings. The molecule has 2 aromatic carbocycles. The van der Waals surface area contributed by atoms with Crippen LogP contribution in [0.5, 0.6) is 0 Å². The quantitative estimate of drug-likeness (QED) is 0.691. The highest BCUT2D eigenvalue weighted by molar-refractivity contribution is 6.31. The van der Waals surface area contributed by atoms with Gasteiger partial charge in [-0.25, -0.2) is 0 Å². The van der Waals surface area contributed by atoms with E-state index in [2.05, 4.69) is 0 Å². The third-order valence-corrected chi connectivity index (χ3v) is 3.64. The number of carbonyl (C=O) groups excluding carboxylic acids is 2. The van der Waals surface area contributed by atoms with Crippen LogP contribution in [0.2, 0.25) is 5.02 Å². The summed E-state index contributed by atoms with van der Waals surface area (Å²) in [6.45, 7) is 3.91. The molecule has 0 amide bonds. The van der Waals surface area contributed by atoms with E-state index in [4.69, 9.17) is 16.3 Å². The Bertz CT molecular complexity index is 638. The van der Waals surface area contributed by atoms with Crippen LogP contribution in [0, 0.1) is 0 Å². The summed E-state index contributed by atoms with van der Waals surface area (Å²) in [7, 11) is 0. The van der Waals surface area contributed by atoms with Gasteiger partial charge in [0.25, 0.3) is 0 Å². The van der Waals surface area contributed by atoms with E-state index in [-0.39, 0.29) is 12.6 Å². The highest BCUT2D eigenvalue weighted by Gasteiger charge is 2.02. The van der Waals surface area contributed by atoms with E-state index in [0.29, 0.717) is 30.1 Å². The Hall–Kier alpha value is -2.13. The molecule has 0 aliphatic rings. The summed E-state index contributed by atoms with van der Waals surface area (Å²) in [5, 5.41) is 0.631. The number of ketones is 1. The maximum absolute atomic E-state index is 11.0. The Labute approximate surface area is 148 Å². The van der Waals surface area contributed by atoms with Crippen molar-refractivity contribution >= 4 is 23.4 Å². The molecule has 2 rings (SSSR count). The molecule has 0 aromatic heterocycles. The second kappa shape index (κ2) is 11.4. The van der Waals surface area contributed by atoms with Crippen LogP contribution in [0.15, 0.2) is 54.6 Å². The lowest BCUT2D eigenvalue weighted by Crippen LogP contribution is -2.02. The van der Waals surface area contributed by atoms with E-state index >= 15 is 0 Å². The van der Waals surface area contributed by atoms with Crippen LogP contribution < -0.4 is 0 Å². The monoisotopic (exact) mass is 346 g/mol. The molecule has 0 spiro atoms. The summed E-state index contributed by atoms with van der Waals surface area (Å²) in [4.78, 5) is 21.8. The maximum atomic E-state index is 11.0. The van der Waals surface area contributed by atoms with E-state index in [9.17, 15) is 9.59 Å². The van der Waals surface area contributed by atoms with Crippen molar-refractivity contribution in [3.8, 4) is 0 Å². The predicted octanol–water partition coefficient (Wildman–Crippen LogP) is 5.00. The molecular weight excluding hydrogens is 324 g/mol. The van der Waals surface area contributed by atoms with Gasteiger partial charge in [-0.2, -0.15) is 0 Å². The van der Waals surface area contributed by atoms with Crippen molar-refractivity contribution in [2.24, 2.45) is 0 Å². The first-order chi connectivity index (χ1) is 11.6. The molecule has 4 heteroatoms. The number of hydrogen-bond acceptors (Lipinski definition) is 3. The minimum absolute atomic E-state index is 0.208. The molecule has 0 radical (unpaired) electrons. The fourth-order valence-electron chi connectivity index (χ4n) is 1.82. The summed E-state index contributed by atoms with van der Waals surface area (Å²) in [5.41, 5.74) is 1.95. The zero-order valence-electron chi connectivity index (χ0n) is 14.1. The molecule has 0 saturated heterocycles. The van der Waals surface area contributed by atoms with E-state index < -0.39 is 0 Å². The highest BCUT2D eigenvalue weighted by Crippen LogP contribution is 2.15. The summed E-state index contributed by atoms with van der Waals surface area (Å²) in [6.07, 6.45) is 1.61. The van der Waals surface area contributed by atoms with Crippen LogP contribution in [0.25, 0.3) is 0 Å². The molecule has 0 saturated carbocycles. The van der Waals surface area contributed by atoms with Crippen molar-refractivity contribution in [1.29, 1.82) is 0 Å². The average Bonchev–Trinajstić information content (AvgIpc) is 2.62. The Morgan fingerprint density at radius 2 is 1.54 bits per heavy atom. The number of halogens is 1. The summed E-state index contributed by atoms with van der Waals surface area (Å²) >= 11 is 5.86. The molecule has 0 atom stereocenters. The lowest BCUT2D eigenvalue weighted by atomic mass is 10.1. The van der Waals surface area contributed by atoms with E-state index in [1.54, 1.807) is 13.0 Å². The van der Waals surface area contributed by atoms with E-state index in [1.807, 2.05) is 55.5 Å². The molecule has 0 N–H and O–H groups in total. The van der Waals surface area contributed by atoms with Crippen molar-refractivity contribution in [2.75, 3.05) is 0 Å².